The zero-order valence-electron chi connectivity index (χ0n) is 15.2. The van der Waals surface area contributed by atoms with Gasteiger partial charge in [-0.15, -0.1) is 0 Å². The lowest BCUT2D eigenvalue weighted by Crippen LogP contribution is -2.37. The number of hydrogen-bond acceptors (Lipinski definition) is 7. The second kappa shape index (κ2) is 7.67. The largest absolute Gasteiger partial charge is 0.384 e. The van der Waals surface area contributed by atoms with Crippen molar-refractivity contribution in [2.24, 2.45) is 0 Å². The van der Waals surface area contributed by atoms with E-state index in [9.17, 15) is 0 Å². The van der Waals surface area contributed by atoms with Gasteiger partial charge in [0, 0.05) is 43.2 Å². The number of morpholine rings is 1. The molecule has 0 spiro atoms. The SMILES string of the molecule is C[C@@H](c1cccc(-c2cnc(N3CCOCC3)nc2)c1)c1nccc(N)n1. The molecule has 27 heavy (non-hydrogen) atoms. The van der Waals surface area contributed by atoms with Gasteiger partial charge in [0.1, 0.15) is 11.6 Å². The van der Waals surface area contributed by atoms with E-state index in [0.717, 1.165) is 48.9 Å². The fourth-order valence-electron chi connectivity index (χ4n) is 3.13. The summed E-state index contributed by atoms with van der Waals surface area (Å²) in [6.45, 7) is 5.17. The Bertz CT molecular complexity index is 908. The Balaban J connectivity index is 1.57. The van der Waals surface area contributed by atoms with Crippen molar-refractivity contribution >= 4 is 11.8 Å². The number of ether oxygens (including phenoxy) is 1. The fraction of sp³-hybridized carbons (Fsp3) is 0.300. The summed E-state index contributed by atoms with van der Waals surface area (Å²) in [6.07, 6.45) is 5.44. The zero-order chi connectivity index (χ0) is 18.6. The molecular formula is C20H22N6O. The summed E-state index contributed by atoms with van der Waals surface area (Å²) in [6, 6.07) is 9.99. The lowest BCUT2D eigenvalue weighted by atomic mass is 9.96. The first kappa shape index (κ1) is 17.4. The van der Waals surface area contributed by atoms with Crippen LogP contribution in [0.2, 0.25) is 0 Å². The van der Waals surface area contributed by atoms with Crippen LogP contribution in [-0.2, 0) is 4.74 Å². The number of anilines is 2. The molecule has 1 saturated heterocycles. The molecular weight excluding hydrogens is 340 g/mol. The van der Waals surface area contributed by atoms with Crippen LogP contribution in [0.5, 0.6) is 0 Å². The molecule has 0 unspecified atom stereocenters. The number of benzene rings is 1. The summed E-state index contributed by atoms with van der Waals surface area (Å²) in [7, 11) is 0. The predicted molar refractivity (Wildman–Crippen MR) is 104 cm³/mol. The summed E-state index contributed by atoms with van der Waals surface area (Å²) in [5.41, 5.74) is 8.96. The molecule has 1 aliphatic heterocycles. The van der Waals surface area contributed by atoms with Crippen LogP contribution in [0.1, 0.15) is 24.2 Å². The van der Waals surface area contributed by atoms with Crippen LogP contribution in [0.25, 0.3) is 11.1 Å². The van der Waals surface area contributed by atoms with Crippen LogP contribution in [0.15, 0.2) is 48.9 Å². The highest BCUT2D eigenvalue weighted by atomic mass is 16.5. The molecule has 2 N–H and O–H groups in total. The number of nitrogens with zero attached hydrogens (tertiary/aromatic N) is 5. The van der Waals surface area contributed by atoms with Gasteiger partial charge < -0.3 is 15.4 Å². The highest BCUT2D eigenvalue weighted by molar-refractivity contribution is 5.63. The first-order valence-electron chi connectivity index (χ1n) is 9.04. The second-order valence-electron chi connectivity index (χ2n) is 6.56. The summed E-state index contributed by atoms with van der Waals surface area (Å²) in [4.78, 5) is 19.9. The number of nitrogen functional groups attached to an aromatic ring is 1. The Labute approximate surface area is 158 Å². The molecule has 2 aromatic heterocycles. The Morgan fingerprint density at radius 3 is 2.56 bits per heavy atom. The van der Waals surface area contributed by atoms with E-state index in [4.69, 9.17) is 10.5 Å². The standard InChI is InChI=1S/C20H22N6O/c1-14(19-22-6-5-18(21)25-19)15-3-2-4-16(11-15)17-12-23-20(24-13-17)26-7-9-27-10-8-26/h2-6,11-14H,7-10H2,1H3,(H2,21,22,25)/t14-/m0/s1. The van der Waals surface area contributed by atoms with Crippen molar-refractivity contribution < 1.29 is 4.74 Å². The van der Waals surface area contributed by atoms with Crippen LogP contribution < -0.4 is 10.6 Å². The van der Waals surface area contributed by atoms with Crippen molar-refractivity contribution in [3.05, 3.63) is 60.3 Å². The van der Waals surface area contributed by atoms with E-state index in [2.05, 4.69) is 50.0 Å². The van der Waals surface area contributed by atoms with E-state index >= 15 is 0 Å². The molecule has 0 radical (unpaired) electrons. The van der Waals surface area contributed by atoms with Crippen molar-refractivity contribution in [1.29, 1.82) is 0 Å². The van der Waals surface area contributed by atoms with Crippen LogP contribution >= 0.6 is 0 Å². The third-order valence-corrected chi connectivity index (χ3v) is 4.74. The van der Waals surface area contributed by atoms with Crippen molar-refractivity contribution in [2.45, 2.75) is 12.8 Å². The van der Waals surface area contributed by atoms with Crippen molar-refractivity contribution in [3.63, 3.8) is 0 Å². The van der Waals surface area contributed by atoms with E-state index in [-0.39, 0.29) is 5.92 Å². The molecule has 0 bridgehead atoms. The van der Waals surface area contributed by atoms with Crippen LogP contribution in [-0.4, -0.2) is 46.2 Å². The van der Waals surface area contributed by atoms with Gasteiger partial charge in [-0.2, -0.15) is 0 Å². The minimum absolute atomic E-state index is 0.0435. The third-order valence-electron chi connectivity index (χ3n) is 4.74. The van der Waals surface area contributed by atoms with Crippen molar-refractivity contribution in [3.8, 4) is 11.1 Å². The molecule has 7 heteroatoms. The molecule has 0 aliphatic carbocycles. The molecule has 7 nitrogen and oxygen atoms in total. The molecule has 4 rings (SSSR count). The molecule has 3 heterocycles. The Hall–Kier alpha value is -3.06. The Morgan fingerprint density at radius 1 is 1.04 bits per heavy atom. The zero-order valence-corrected chi connectivity index (χ0v) is 15.2. The Morgan fingerprint density at radius 2 is 1.81 bits per heavy atom. The molecule has 138 valence electrons. The van der Waals surface area contributed by atoms with Crippen LogP contribution in [0, 0.1) is 0 Å². The number of nitrogens with two attached hydrogens (primary N) is 1. The highest BCUT2D eigenvalue weighted by Crippen LogP contribution is 2.27. The molecule has 3 aromatic rings. The van der Waals surface area contributed by atoms with Gasteiger partial charge in [-0.25, -0.2) is 19.9 Å². The number of hydrogen-bond donors (Lipinski definition) is 1. The molecule has 1 aromatic carbocycles. The summed E-state index contributed by atoms with van der Waals surface area (Å²) >= 11 is 0. The summed E-state index contributed by atoms with van der Waals surface area (Å²) < 4.78 is 5.38. The topological polar surface area (TPSA) is 90.0 Å². The average molecular weight is 362 g/mol. The molecule has 0 saturated carbocycles. The van der Waals surface area contributed by atoms with Gasteiger partial charge in [0.25, 0.3) is 0 Å². The van der Waals surface area contributed by atoms with E-state index in [0.29, 0.717) is 11.6 Å². The van der Waals surface area contributed by atoms with Crippen molar-refractivity contribution in [2.75, 3.05) is 36.9 Å². The minimum atomic E-state index is 0.0435. The van der Waals surface area contributed by atoms with Gasteiger partial charge in [0.05, 0.1) is 13.2 Å². The van der Waals surface area contributed by atoms with E-state index in [1.54, 1.807) is 12.3 Å². The lowest BCUT2D eigenvalue weighted by Gasteiger charge is -2.26. The molecule has 1 atom stereocenters. The predicted octanol–water partition coefficient (Wildman–Crippen LogP) is 2.50. The van der Waals surface area contributed by atoms with E-state index in [1.165, 1.54) is 0 Å². The van der Waals surface area contributed by atoms with Crippen LogP contribution in [0.4, 0.5) is 11.8 Å². The van der Waals surface area contributed by atoms with Gasteiger partial charge in [-0.3, -0.25) is 0 Å². The molecule has 1 aliphatic rings. The van der Waals surface area contributed by atoms with E-state index in [1.807, 2.05) is 18.5 Å². The van der Waals surface area contributed by atoms with Gasteiger partial charge in [-0.05, 0) is 17.2 Å². The van der Waals surface area contributed by atoms with Gasteiger partial charge in [0.2, 0.25) is 5.95 Å². The third kappa shape index (κ3) is 3.88. The minimum Gasteiger partial charge on any atom is -0.384 e. The molecule has 0 amide bonds. The maximum absolute atomic E-state index is 5.79. The first-order valence-corrected chi connectivity index (χ1v) is 9.04. The van der Waals surface area contributed by atoms with Gasteiger partial charge >= 0.3 is 0 Å². The second-order valence-corrected chi connectivity index (χ2v) is 6.56. The monoisotopic (exact) mass is 362 g/mol. The number of aromatic nitrogens is 4. The van der Waals surface area contributed by atoms with Crippen molar-refractivity contribution in [1.82, 2.24) is 19.9 Å². The highest BCUT2D eigenvalue weighted by Gasteiger charge is 2.15. The van der Waals surface area contributed by atoms with E-state index < -0.39 is 0 Å². The fourth-order valence-corrected chi connectivity index (χ4v) is 3.13. The first-order chi connectivity index (χ1) is 13.2. The lowest BCUT2D eigenvalue weighted by molar-refractivity contribution is 0.122. The average Bonchev–Trinajstić information content (AvgIpc) is 2.74. The quantitative estimate of drug-likeness (QED) is 0.762. The normalized spacial score (nSPS) is 15.5. The van der Waals surface area contributed by atoms with Gasteiger partial charge in [-0.1, -0.05) is 31.2 Å². The number of rotatable bonds is 4. The smallest absolute Gasteiger partial charge is 0.225 e. The molecule has 1 fully saturated rings. The van der Waals surface area contributed by atoms with Gasteiger partial charge in [0.15, 0.2) is 0 Å². The van der Waals surface area contributed by atoms with Crippen LogP contribution in [0.3, 0.4) is 0 Å². The maximum Gasteiger partial charge on any atom is 0.225 e. The maximum atomic E-state index is 5.79. The Kier molecular flexibility index (Phi) is 4.93. The summed E-state index contributed by atoms with van der Waals surface area (Å²) in [5.74, 6) is 1.99. The summed E-state index contributed by atoms with van der Waals surface area (Å²) in [5, 5.41) is 0.